The van der Waals surface area contributed by atoms with E-state index in [1.54, 1.807) is 11.3 Å². The fourth-order valence-electron chi connectivity index (χ4n) is 4.45. The number of esters is 1. The van der Waals surface area contributed by atoms with Crippen LogP contribution in [-0.4, -0.2) is 30.5 Å². The molecule has 8 heteroatoms. The summed E-state index contributed by atoms with van der Waals surface area (Å²) < 4.78 is 10.8. The molecule has 2 saturated heterocycles. The third kappa shape index (κ3) is 5.85. The molecular weight excluding hydrogens is 470 g/mol. The van der Waals surface area contributed by atoms with Crippen molar-refractivity contribution in [3.8, 4) is 16.2 Å². The normalized spacial score (nSPS) is 25.0. The van der Waals surface area contributed by atoms with Gasteiger partial charge in [-0.15, -0.1) is 23.1 Å². The van der Waals surface area contributed by atoms with Crippen LogP contribution in [0.5, 0.6) is 5.75 Å². The van der Waals surface area contributed by atoms with Crippen molar-refractivity contribution >= 4 is 35.0 Å². The van der Waals surface area contributed by atoms with Crippen LogP contribution in [0.4, 0.5) is 0 Å². The Morgan fingerprint density at radius 2 is 1.88 bits per heavy atom. The first-order valence-electron chi connectivity index (χ1n) is 12.2. The minimum atomic E-state index is -0.340. The molecule has 1 N–H and O–H groups in total. The van der Waals surface area contributed by atoms with Gasteiger partial charge in [-0.2, -0.15) is 0 Å². The number of benzene rings is 1. The lowest BCUT2D eigenvalue weighted by molar-refractivity contribution is -0.200. The highest BCUT2D eigenvalue weighted by Crippen LogP contribution is 2.51. The standard InChI is InChI=1S/C26H31NO5S2/c28-23(27-32-24-5-1-3-15-30-24)17-26(14-2-4-16-33-26)22-13-12-21(34-22)18-8-10-20(11-9-18)31-25(29)19-6-7-19/h8-13,19,24H,1-7,14-17H2,(H,27,28)/t24?,26-/m0/s1. The number of amides is 1. The van der Waals surface area contributed by atoms with Crippen molar-refractivity contribution < 1.29 is 23.9 Å². The molecule has 3 fully saturated rings. The Bertz CT molecular complexity index is 989. The Hall–Kier alpha value is -1.87. The molecule has 1 aliphatic carbocycles. The van der Waals surface area contributed by atoms with Crippen LogP contribution < -0.4 is 10.2 Å². The summed E-state index contributed by atoms with van der Waals surface area (Å²) in [5.74, 6) is 1.51. The van der Waals surface area contributed by atoms with E-state index in [9.17, 15) is 9.59 Å². The zero-order valence-electron chi connectivity index (χ0n) is 19.3. The fourth-order valence-corrected chi connectivity index (χ4v) is 7.34. The van der Waals surface area contributed by atoms with Gasteiger partial charge < -0.3 is 9.47 Å². The van der Waals surface area contributed by atoms with Gasteiger partial charge in [0.15, 0.2) is 6.29 Å². The van der Waals surface area contributed by atoms with Crippen LogP contribution in [0, 0.1) is 5.92 Å². The molecule has 1 aromatic heterocycles. The second-order valence-electron chi connectivity index (χ2n) is 9.30. The molecule has 0 spiro atoms. The predicted molar refractivity (Wildman–Crippen MR) is 134 cm³/mol. The van der Waals surface area contributed by atoms with E-state index in [0.29, 0.717) is 18.8 Å². The van der Waals surface area contributed by atoms with Gasteiger partial charge in [0.05, 0.1) is 10.7 Å². The maximum atomic E-state index is 12.8. The van der Waals surface area contributed by atoms with E-state index in [0.717, 1.165) is 61.1 Å². The number of rotatable bonds is 8. The number of nitrogens with one attached hydrogen (secondary N) is 1. The summed E-state index contributed by atoms with van der Waals surface area (Å²) >= 11 is 3.63. The van der Waals surface area contributed by atoms with Crippen molar-refractivity contribution in [3.63, 3.8) is 0 Å². The Morgan fingerprint density at radius 1 is 1.03 bits per heavy atom. The molecule has 0 radical (unpaired) electrons. The lowest BCUT2D eigenvalue weighted by Crippen LogP contribution is -2.37. The van der Waals surface area contributed by atoms with Gasteiger partial charge >= 0.3 is 5.97 Å². The average molecular weight is 502 g/mol. The van der Waals surface area contributed by atoms with Crippen molar-refractivity contribution in [2.75, 3.05) is 12.4 Å². The predicted octanol–water partition coefficient (Wildman–Crippen LogP) is 5.81. The highest BCUT2D eigenvalue weighted by molar-refractivity contribution is 8.00. The largest absolute Gasteiger partial charge is 0.426 e. The van der Waals surface area contributed by atoms with Gasteiger partial charge in [0, 0.05) is 29.2 Å². The van der Waals surface area contributed by atoms with Gasteiger partial charge in [-0.3, -0.25) is 9.59 Å². The molecule has 1 aromatic carbocycles. The van der Waals surface area contributed by atoms with Gasteiger partial charge in [0.25, 0.3) is 0 Å². The molecule has 1 unspecified atom stereocenters. The molecule has 1 saturated carbocycles. The van der Waals surface area contributed by atoms with Crippen molar-refractivity contribution in [2.24, 2.45) is 5.92 Å². The van der Waals surface area contributed by atoms with Crippen LogP contribution in [0.25, 0.3) is 10.4 Å². The molecule has 6 nitrogen and oxygen atoms in total. The second kappa shape index (κ2) is 10.8. The van der Waals surface area contributed by atoms with Crippen LogP contribution in [-0.2, 0) is 23.9 Å². The van der Waals surface area contributed by atoms with Gasteiger partial charge in [-0.25, -0.2) is 10.3 Å². The second-order valence-corrected chi connectivity index (χ2v) is 11.9. The van der Waals surface area contributed by atoms with Crippen molar-refractivity contribution in [2.45, 2.75) is 68.8 Å². The highest BCUT2D eigenvalue weighted by atomic mass is 32.2. The topological polar surface area (TPSA) is 73.9 Å². The van der Waals surface area contributed by atoms with Gasteiger partial charge in [0.1, 0.15) is 5.75 Å². The summed E-state index contributed by atoms with van der Waals surface area (Å²) in [5, 5.41) is 0. The number of thioether (sulfide) groups is 1. The third-order valence-corrected chi connectivity index (χ3v) is 9.65. The lowest BCUT2D eigenvalue weighted by Gasteiger charge is -2.35. The van der Waals surface area contributed by atoms with E-state index in [1.807, 2.05) is 36.0 Å². The molecule has 5 rings (SSSR count). The SMILES string of the molecule is O=C(C[C@]1(c2ccc(-c3ccc(OC(=O)C4CC4)cc3)s2)CCCCS1)NOC1CCCCO1. The molecule has 2 aromatic rings. The summed E-state index contributed by atoms with van der Waals surface area (Å²) in [4.78, 5) is 32.6. The maximum absolute atomic E-state index is 12.8. The van der Waals surface area contributed by atoms with E-state index in [1.165, 1.54) is 11.3 Å². The number of hydrogen-bond acceptors (Lipinski definition) is 7. The number of ether oxygens (including phenoxy) is 2. The first kappa shape index (κ1) is 23.9. The molecule has 3 heterocycles. The zero-order valence-corrected chi connectivity index (χ0v) is 20.9. The number of carbonyl (C=O) groups is 2. The third-order valence-electron chi connectivity index (χ3n) is 6.56. The van der Waals surface area contributed by atoms with E-state index in [4.69, 9.17) is 14.3 Å². The molecule has 2 atom stereocenters. The van der Waals surface area contributed by atoms with E-state index in [2.05, 4.69) is 17.6 Å². The number of hydroxylamine groups is 1. The first-order chi connectivity index (χ1) is 16.6. The molecule has 2 aliphatic heterocycles. The minimum absolute atomic E-state index is 0.0847. The first-order valence-corrected chi connectivity index (χ1v) is 14.0. The van der Waals surface area contributed by atoms with Crippen LogP contribution >= 0.6 is 23.1 Å². The summed E-state index contributed by atoms with van der Waals surface area (Å²) in [6, 6.07) is 12.0. The molecule has 3 aliphatic rings. The van der Waals surface area contributed by atoms with Gasteiger partial charge in [0.2, 0.25) is 5.91 Å². The van der Waals surface area contributed by atoms with Crippen LogP contribution in [0.1, 0.15) is 62.7 Å². The van der Waals surface area contributed by atoms with Gasteiger partial charge in [-0.05, 0) is 86.2 Å². The molecule has 0 bridgehead atoms. The van der Waals surface area contributed by atoms with Crippen LogP contribution in [0.2, 0.25) is 0 Å². The number of hydrogen-bond donors (Lipinski definition) is 1. The number of carbonyl (C=O) groups excluding carboxylic acids is 2. The summed E-state index contributed by atoms with van der Waals surface area (Å²) in [6.07, 6.45) is 8.10. The quantitative estimate of drug-likeness (QED) is 0.280. The maximum Gasteiger partial charge on any atom is 0.314 e. The minimum Gasteiger partial charge on any atom is -0.426 e. The van der Waals surface area contributed by atoms with E-state index in [-0.39, 0.29) is 28.8 Å². The smallest absolute Gasteiger partial charge is 0.314 e. The highest BCUT2D eigenvalue weighted by Gasteiger charge is 2.38. The molecule has 1 amide bonds. The summed E-state index contributed by atoms with van der Waals surface area (Å²) in [7, 11) is 0. The van der Waals surface area contributed by atoms with Crippen molar-refractivity contribution in [1.82, 2.24) is 5.48 Å². The average Bonchev–Trinajstić information content (AvgIpc) is 3.61. The fraction of sp³-hybridized carbons (Fsp3) is 0.538. The number of thiophene rings is 1. The van der Waals surface area contributed by atoms with E-state index < -0.39 is 0 Å². The lowest BCUT2D eigenvalue weighted by atomic mass is 9.94. The van der Waals surface area contributed by atoms with Crippen LogP contribution in [0.3, 0.4) is 0 Å². The van der Waals surface area contributed by atoms with Crippen LogP contribution in [0.15, 0.2) is 36.4 Å². The Balaban J connectivity index is 1.25. The van der Waals surface area contributed by atoms with Gasteiger partial charge in [-0.1, -0.05) is 6.42 Å². The monoisotopic (exact) mass is 501 g/mol. The van der Waals surface area contributed by atoms with Crippen molar-refractivity contribution in [3.05, 3.63) is 41.3 Å². The Morgan fingerprint density at radius 3 is 2.59 bits per heavy atom. The summed E-state index contributed by atoms with van der Waals surface area (Å²) in [6.45, 7) is 0.683. The van der Waals surface area contributed by atoms with E-state index >= 15 is 0 Å². The Labute approximate surface area is 208 Å². The molecule has 34 heavy (non-hydrogen) atoms. The Kier molecular flexibility index (Phi) is 7.58. The molecular formula is C26H31NO5S2. The zero-order chi connectivity index (χ0) is 23.4. The van der Waals surface area contributed by atoms with Crippen molar-refractivity contribution in [1.29, 1.82) is 0 Å². The summed E-state index contributed by atoms with van der Waals surface area (Å²) in [5.41, 5.74) is 3.74. The molecule has 182 valence electrons.